The van der Waals surface area contributed by atoms with Crippen molar-refractivity contribution in [3.8, 4) is 0 Å². The number of thioether (sulfide) groups is 1. The molecule has 0 spiro atoms. The predicted octanol–water partition coefficient (Wildman–Crippen LogP) is 6.39. The molecule has 3 aromatic carbocycles. The molecule has 0 aromatic heterocycles. The number of nitrogens with one attached hydrogen (secondary N) is 1. The van der Waals surface area contributed by atoms with Crippen molar-refractivity contribution in [2.75, 3.05) is 5.75 Å². The summed E-state index contributed by atoms with van der Waals surface area (Å²) in [6.07, 6.45) is 0.402. The average molecular weight is 530 g/mol. The van der Waals surface area contributed by atoms with Crippen molar-refractivity contribution >= 4 is 46.8 Å². The fourth-order valence-electron chi connectivity index (χ4n) is 3.68. The van der Waals surface area contributed by atoms with E-state index in [0.717, 1.165) is 16.7 Å². The fourth-order valence-corrected chi connectivity index (χ4v) is 5.02. The normalized spacial score (nSPS) is 11.8. The third-order valence-electron chi connectivity index (χ3n) is 5.39. The predicted molar refractivity (Wildman–Crippen MR) is 147 cm³/mol. The zero-order valence-electron chi connectivity index (χ0n) is 19.9. The molecular formula is C28H30Cl2N2O2S. The largest absolute Gasteiger partial charge is 0.352 e. The van der Waals surface area contributed by atoms with Crippen LogP contribution >= 0.6 is 35.0 Å². The first-order valence-corrected chi connectivity index (χ1v) is 13.4. The molecule has 0 unspecified atom stereocenters. The quantitative estimate of drug-likeness (QED) is 0.313. The van der Waals surface area contributed by atoms with Gasteiger partial charge in [-0.3, -0.25) is 9.59 Å². The molecule has 0 saturated carbocycles. The van der Waals surface area contributed by atoms with Gasteiger partial charge in [-0.2, -0.15) is 0 Å². The minimum absolute atomic E-state index is 0.0516. The van der Waals surface area contributed by atoms with Crippen LogP contribution < -0.4 is 5.32 Å². The zero-order chi connectivity index (χ0) is 25.2. The van der Waals surface area contributed by atoms with Gasteiger partial charge in [-0.05, 0) is 42.7 Å². The van der Waals surface area contributed by atoms with Gasteiger partial charge in [-0.15, -0.1) is 11.8 Å². The summed E-state index contributed by atoms with van der Waals surface area (Å²) in [5.74, 6) is 0.663. The third-order valence-corrected chi connectivity index (χ3v) is 6.97. The van der Waals surface area contributed by atoms with Crippen LogP contribution in [-0.2, 0) is 28.3 Å². The molecular weight excluding hydrogens is 499 g/mol. The summed E-state index contributed by atoms with van der Waals surface area (Å²) in [6, 6.07) is 24.2. The number of hydrogen-bond donors (Lipinski definition) is 1. The van der Waals surface area contributed by atoms with E-state index in [9.17, 15) is 9.59 Å². The van der Waals surface area contributed by atoms with E-state index in [4.69, 9.17) is 23.2 Å². The van der Waals surface area contributed by atoms with Crippen molar-refractivity contribution in [1.29, 1.82) is 0 Å². The summed E-state index contributed by atoms with van der Waals surface area (Å²) in [5.41, 5.74) is 2.87. The van der Waals surface area contributed by atoms with Crippen molar-refractivity contribution < 1.29 is 9.59 Å². The minimum Gasteiger partial charge on any atom is -0.352 e. The molecule has 1 atom stereocenters. The molecule has 4 nitrogen and oxygen atoms in total. The molecule has 3 aromatic rings. The molecule has 0 saturated heterocycles. The number of nitrogens with zero attached hydrogens (tertiary/aromatic N) is 1. The minimum atomic E-state index is -0.684. The van der Waals surface area contributed by atoms with Crippen LogP contribution in [0, 0.1) is 0 Å². The lowest BCUT2D eigenvalue weighted by Gasteiger charge is -2.32. The lowest BCUT2D eigenvalue weighted by Crippen LogP contribution is -2.52. The standard InChI is InChI=1S/C28H30Cl2N2O2S/c1-20(2)31-28(34)26(15-21-9-5-3-6-10-21)32(17-23-13-14-24(29)16-25(23)30)27(33)19-35-18-22-11-7-4-8-12-22/h3-14,16,20,26H,15,17-19H2,1-2H3,(H,31,34)/t26-/m0/s1. The van der Waals surface area contributed by atoms with Gasteiger partial charge in [0.1, 0.15) is 6.04 Å². The van der Waals surface area contributed by atoms with Gasteiger partial charge in [0.05, 0.1) is 5.75 Å². The van der Waals surface area contributed by atoms with Crippen LogP contribution in [0.2, 0.25) is 10.0 Å². The van der Waals surface area contributed by atoms with Gasteiger partial charge in [0.25, 0.3) is 0 Å². The van der Waals surface area contributed by atoms with E-state index in [-0.39, 0.29) is 30.2 Å². The first-order valence-electron chi connectivity index (χ1n) is 11.5. The van der Waals surface area contributed by atoms with Gasteiger partial charge in [0, 0.05) is 34.8 Å². The molecule has 3 rings (SSSR count). The molecule has 0 aliphatic heterocycles. The van der Waals surface area contributed by atoms with Gasteiger partial charge < -0.3 is 10.2 Å². The van der Waals surface area contributed by atoms with E-state index < -0.39 is 6.04 Å². The number of amides is 2. The molecule has 184 valence electrons. The number of carbonyl (C=O) groups is 2. The summed E-state index contributed by atoms with van der Waals surface area (Å²) >= 11 is 14.1. The Morgan fingerprint density at radius 1 is 0.914 bits per heavy atom. The lowest BCUT2D eigenvalue weighted by atomic mass is 10.0. The maximum Gasteiger partial charge on any atom is 0.243 e. The summed E-state index contributed by atoms with van der Waals surface area (Å²) in [6.45, 7) is 4.04. The summed E-state index contributed by atoms with van der Waals surface area (Å²) in [4.78, 5) is 28.6. The summed E-state index contributed by atoms with van der Waals surface area (Å²) in [5, 5.41) is 3.99. The number of benzene rings is 3. The van der Waals surface area contributed by atoms with Crippen molar-refractivity contribution in [1.82, 2.24) is 10.2 Å². The molecule has 1 N–H and O–H groups in total. The molecule has 0 bridgehead atoms. The van der Waals surface area contributed by atoms with E-state index >= 15 is 0 Å². The Hall–Kier alpha value is -2.47. The molecule has 0 aliphatic rings. The molecule has 0 radical (unpaired) electrons. The fraction of sp³-hybridized carbons (Fsp3) is 0.286. The van der Waals surface area contributed by atoms with Crippen LogP contribution in [0.4, 0.5) is 0 Å². The Bertz CT molecular complexity index is 1110. The van der Waals surface area contributed by atoms with Gasteiger partial charge in [-0.1, -0.05) is 89.9 Å². The highest BCUT2D eigenvalue weighted by Gasteiger charge is 2.31. The second-order valence-electron chi connectivity index (χ2n) is 8.60. The monoisotopic (exact) mass is 528 g/mol. The zero-order valence-corrected chi connectivity index (χ0v) is 22.2. The van der Waals surface area contributed by atoms with Crippen LogP contribution in [-0.4, -0.2) is 34.6 Å². The van der Waals surface area contributed by atoms with E-state index in [1.165, 1.54) is 11.8 Å². The number of halogens is 2. The van der Waals surface area contributed by atoms with Crippen LogP contribution in [0.3, 0.4) is 0 Å². The first-order chi connectivity index (χ1) is 16.8. The number of hydrogen-bond acceptors (Lipinski definition) is 3. The van der Waals surface area contributed by atoms with Crippen LogP contribution in [0.5, 0.6) is 0 Å². The highest BCUT2D eigenvalue weighted by Crippen LogP contribution is 2.25. The van der Waals surface area contributed by atoms with E-state index in [1.807, 2.05) is 80.6 Å². The Morgan fingerprint density at radius 3 is 2.14 bits per heavy atom. The Balaban J connectivity index is 1.88. The van der Waals surface area contributed by atoms with Gasteiger partial charge in [0.15, 0.2) is 0 Å². The Labute approximate surface area is 222 Å². The number of rotatable bonds is 11. The molecule has 0 aliphatic carbocycles. The maximum atomic E-state index is 13.6. The van der Waals surface area contributed by atoms with Gasteiger partial charge in [-0.25, -0.2) is 0 Å². The topological polar surface area (TPSA) is 49.4 Å². The van der Waals surface area contributed by atoms with Crippen LogP contribution in [0.25, 0.3) is 0 Å². The third kappa shape index (κ3) is 8.60. The SMILES string of the molecule is CC(C)NC(=O)[C@H](Cc1ccccc1)N(Cc1ccc(Cl)cc1Cl)C(=O)CSCc1ccccc1. The average Bonchev–Trinajstić information content (AvgIpc) is 2.83. The smallest absolute Gasteiger partial charge is 0.243 e. The summed E-state index contributed by atoms with van der Waals surface area (Å²) in [7, 11) is 0. The summed E-state index contributed by atoms with van der Waals surface area (Å²) < 4.78 is 0. The van der Waals surface area contributed by atoms with Gasteiger partial charge in [0.2, 0.25) is 11.8 Å². The highest BCUT2D eigenvalue weighted by atomic mass is 35.5. The first kappa shape index (κ1) is 27.1. The maximum absolute atomic E-state index is 13.6. The van der Waals surface area contributed by atoms with Crippen molar-refractivity contribution in [2.24, 2.45) is 0 Å². The van der Waals surface area contributed by atoms with E-state index in [2.05, 4.69) is 5.32 Å². The van der Waals surface area contributed by atoms with Crippen LogP contribution in [0.1, 0.15) is 30.5 Å². The highest BCUT2D eigenvalue weighted by molar-refractivity contribution is 7.99. The Kier molecular flexibility index (Phi) is 10.5. The van der Waals surface area contributed by atoms with E-state index in [1.54, 1.807) is 17.0 Å². The van der Waals surface area contributed by atoms with Crippen molar-refractivity contribution in [3.05, 3.63) is 106 Å². The number of carbonyl (C=O) groups excluding carboxylic acids is 2. The molecule has 0 heterocycles. The molecule has 0 fully saturated rings. The lowest BCUT2D eigenvalue weighted by molar-refractivity contribution is -0.139. The van der Waals surface area contributed by atoms with Crippen LogP contribution in [0.15, 0.2) is 78.9 Å². The van der Waals surface area contributed by atoms with Gasteiger partial charge >= 0.3 is 0 Å². The Morgan fingerprint density at radius 2 is 1.54 bits per heavy atom. The van der Waals surface area contributed by atoms with Crippen molar-refractivity contribution in [3.63, 3.8) is 0 Å². The molecule has 35 heavy (non-hydrogen) atoms. The van der Waals surface area contributed by atoms with Crippen molar-refractivity contribution in [2.45, 2.75) is 44.6 Å². The molecule has 2 amide bonds. The van der Waals surface area contributed by atoms with E-state index in [0.29, 0.717) is 22.2 Å². The second kappa shape index (κ2) is 13.6. The second-order valence-corrected chi connectivity index (χ2v) is 10.4. The molecule has 7 heteroatoms.